The first kappa shape index (κ1) is 16.3. The Kier molecular flexibility index (Phi) is 4.14. The van der Waals surface area contributed by atoms with Gasteiger partial charge in [0, 0.05) is 13.2 Å². The van der Waals surface area contributed by atoms with E-state index in [0.717, 1.165) is 16.7 Å². The quantitative estimate of drug-likeness (QED) is 0.601. The highest BCUT2D eigenvalue weighted by atomic mass is 35.5. The van der Waals surface area contributed by atoms with Gasteiger partial charge in [0.2, 0.25) is 5.95 Å². The van der Waals surface area contributed by atoms with Crippen LogP contribution in [0.4, 0.5) is 5.69 Å². The van der Waals surface area contributed by atoms with Crippen LogP contribution in [0.15, 0.2) is 59.7 Å². The summed E-state index contributed by atoms with van der Waals surface area (Å²) >= 11 is 6.27. The number of hydrogen-bond acceptors (Lipinski definition) is 5. The summed E-state index contributed by atoms with van der Waals surface area (Å²) < 4.78 is 3.01. The molecule has 0 amide bonds. The molecule has 0 saturated heterocycles. The molecule has 3 aromatic heterocycles. The number of nitrogens with zero attached hydrogens (tertiary/aromatic N) is 5. The third-order valence-corrected chi connectivity index (χ3v) is 4.42. The maximum atomic E-state index is 12.7. The highest BCUT2D eigenvalue weighted by molar-refractivity contribution is 6.32. The van der Waals surface area contributed by atoms with Gasteiger partial charge >= 0.3 is 0 Å². The predicted octanol–water partition coefficient (Wildman–Crippen LogP) is 2.78. The Morgan fingerprint density at radius 1 is 1.15 bits per heavy atom. The van der Waals surface area contributed by atoms with Crippen molar-refractivity contribution in [2.24, 2.45) is 7.05 Å². The number of hydrogen-bond donors (Lipinski definition) is 1. The van der Waals surface area contributed by atoms with Gasteiger partial charge in [-0.25, -0.2) is 4.98 Å². The molecule has 7 nitrogen and oxygen atoms in total. The lowest BCUT2D eigenvalue weighted by Crippen LogP contribution is -2.25. The lowest BCUT2D eigenvalue weighted by molar-refractivity contribution is 0.718. The number of anilines is 1. The topological polar surface area (TPSA) is 77.6 Å². The molecule has 1 N–H and O–H groups in total. The second-order valence-corrected chi connectivity index (χ2v) is 6.10. The van der Waals surface area contributed by atoms with Crippen LogP contribution in [-0.2, 0) is 13.6 Å². The van der Waals surface area contributed by atoms with Crippen molar-refractivity contribution in [1.29, 1.82) is 0 Å². The van der Waals surface area contributed by atoms with Gasteiger partial charge in [0.05, 0.1) is 35.2 Å². The Bertz CT molecular complexity index is 1140. The molecule has 0 bridgehead atoms. The van der Waals surface area contributed by atoms with Gasteiger partial charge in [0.15, 0.2) is 0 Å². The number of pyridine rings is 1. The standard InChI is InChI=1S/C18H15ClN6O/c1-24-15-8-3-2-7-13(15)23-18(24)25-17(26)16(19)14(11-22-25)21-10-12-6-4-5-9-20-12/h2-9,11,21H,10H2,1H3. The highest BCUT2D eigenvalue weighted by Gasteiger charge is 2.15. The van der Waals surface area contributed by atoms with E-state index in [1.807, 2.05) is 49.5 Å². The molecular weight excluding hydrogens is 352 g/mol. The number of fused-ring (bicyclic) bond motifs is 1. The van der Waals surface area contributed by atoms with E-state index in [0.29, 0.717) is 18.2 Å². The first-order valence-electron chi connectivity index (χ1n) is 7.98. The van der Waals surface area contributed by atoms with Gasteiger partial charge in [0.1, 0.15) is 5.02 Å². The minimum atomic E-state index is -0.434. The van der Waals surface area contributed by atoms with Crippen LogP contribution in [0.2, 0.25) is 5.02 Å². The maximum absolute atomic E-state index is 12.7. The number of para-hydroxylation sites is 2. The van der Waals surface area contributed by atoms with Crippen LogP contribution in [0.3, 0.4) is 0 Å². The van der Waals surface area contributed by atoms with E-state index in [1.165, 1.54) is 10.9 Å². The summed E-state index contributed by atoms with van der Waals surface area (Å²) in [6.45, 7) is 0.442. The van der Waals surface area contributed by atoms with Crippen LogP contribution < -0.4 is 10.9 Å². The predicted molar refractivity (Wildman–Crippen MR) is 101 cm³/mol. The zero-order valence-corrected chi connectivity index (χ0v) is 14.7. The Morgan fingerprint density at radius 3 is 2.73 bits per heavy atom. The van der Waals surface area contributed by atoms with Gasteiger partial charge in [0.25, 0.3) is 5.56 Å². The van der Waals surface area contributed by atoms with E-state index in [4.69, 9.17) is 11.6 Å². The lowest BCUT2D eigenvalue weighted by Gasteiger charge is -2.10. The zero-order chi connectivity index (χ0) is 18.1. The van der Waals surface area contributed by atoms with Gasteiger partial charge < -0.3 is 9.88 Å². The molecule has 4 rings (SSSR count). The van der Waals surface area contributed by atoms with E-state index in [9.17, 15) is 4.79 Å². The van der Waals surface area contributed by atoms with Gasteiger partial charge in [-0.05, 0) is 24.3 Å². The van der Waals surface area contributed by atoms with Gasteiger partial charge in [-0.3, -0.25) is 9.78 Å². The largest absolute Gasteiger partial charge is 0.377 e. The average molecular weight is 367 g/mol. The highest BCUT2D eigenvalue weighted by Crippen LogP contribution is 2.19. The minimum absolute atomic E-state index is 0.0583. The van der Waals surface area contributed by atoms with E-state index in [2.05, 4.69) is 20.4 Å². The van der Waals surface area contributed by atoms with E-state index >= 15 is 0 Å². The third kappa shape index (κ3) is 2.82. The second-order valence-electron chi connectivity index (χ2n) is 5.72. The lowest BCUT2D eigenvalue weighted by atomic mass is 10.3. The number of benzene rings is 1. The Labute approximate surface area is 153 Å². The van der Waals surface area contributed by atoms with Crippen LogP contribution in [0, 0.1) is 0 Å². The molecule has 4 aromatic rings. The molecule has 0 fully saturated rings. The molecule has 130 valence electrons. The second kappa shape index (κ2) is 6.61. The van der Waals surface area contributed by atoms with E-state index in [1.54, 1.807) is 10.8 Å². The molecule has 0 unspecified atom stereocenters. The van der Waals surface area contributed by atoms with Crippen LogP contribution in [0.1, 0.15) is 5.69 Å². The Morgan fingerprint density at radius 2 is 1.96 bits per heavy atom. The summed E-state index contributed by atoms with van der Waals surface area (Å²) in [7, 11) is 1.83. The number of imidazole rings is 1. The molecule has 1 aromatic carbocycles. The molecule has 0 atom stereocenters. The summed E-state index contributed by atoms with van der Waals surface area (Å²) in [4.78, 5) is 21.4. The van der Waals surface area contributed by atoms with Crippen molar-refractivity contribution >= 4 is 28.3 Å². The van der Waals surface area contributed by atoms with Crippen molar-refractivity contribution in [3.8, 4) is 5.95 Å². The molecule has 3 heterocycles. The van der Waals surface area contributed by atoms with Crippen molar-refractivity contribution in [3.63, 3.8) is 0 Å². The smallest absolute Gasteiger partial charge is 0.295 e. The Balaban J connectivity index is 1.69. The van der Waals surface area contributed by atoms with Gasteiger partial charge in [-0.1, -0.05) is 29.8 Å². The normalized spacial score (nSPS) is 11.0. The van der Waals surface area contributed by atoms with E-state index in [-0.39, 0.29) is 5.02 Å². The summed E-state index contributed by atoms with van der Waals surface area (Å²) in [5.41, 5.74) is 2.55. The van der Waals surface area contributed by atoms with Crippen molar-refractivity contribution in [2.45, 2.75) is 6.54 Å². The molecule has 0 aliphatic carbocycles. The molecule has 0 saturated carbocycles. The SMILES string of the molecule is Cn1c(-n2ncc(NCc3ccccn3)c(Cl)c2=O)nc2ccccc21. The molecule has 8 heteroatoms. The minimum Gasteiger partial charge on any atom is -0.377 e. The summed E-state index contributed by atoms with van der Waals surface area (Å²) in [6, 6.07) is 13.3. The molecule has 26 heavy (non-hydrogen) atoms. The number of aryl methyl sites for hydroxylation is 1. The fourth-order valence-corrected chi connectivity index (χ4v) is 2.90. The van der Waals surface area contributed by atoms with E-state index < -0.39 is 5.56 Å². The monoisotopic (exact) mass is 366 g/mol. The zero-order valence-electron chi connectivity index (χ0n) is 13.9. The molecule has 0 aliphatic heterocycles. The molecular formula is C18H15ClN6O. The third-order valence-electron chi connectivity index (χ3n) is 4.06. The summed E-state index contributed by atoms with van der Waals surface area (Å²) in [6.07, 6.45) is 3.23. The van der Waals surface area contributed by atoms with Gasteiger partial charge in [-0.15, -0.1) is 0 Å². The van der Waals surface area contributed by atoms with Crippen LogP contribution >= 0.6 is 11.6 Å². The van der Waals surface area contributed by atoms with Crippen molar-refractivity contribution in [1.82, 2.24) is 24.3 Å². The fourth-order valence-electron chi connectivity index (χ4n) is 2.71. The summed E-state index contributed by atoms with van der Waals surface area (Å²) in [5.74, 6) is 0.411. The number of halogens is 1. The molecule has 0 radical (unpaired) electrons. The van der Waals surface area contributed by atoms with Crippen molar-refractivity contribution < 1.29 is 0 Å². The average Bonchev–Trinajstić information content (AvgIpc) is 3.01. The first-order chi connectivity index (χ1) is 12.6. The molecule has 0 aliphatic rings. The first-order valence-corrected chi connectivity index (χ1v) is 8.36. The van der Waals surface area contributed by atoms with Crippen molar-refractivity contribution in [2.75, 3.05) is 5.32 Å². The number of nitrogens with one attached hydrogen (secondary N) is 1. The number of rotatable bonds is 4. The Hall–Kier alpha value is -3.19. The summed E-state index contributed by atoms with van der Waals surface area (Å²) in [5, 5.41) is 7.38. The molecule has 0 spiro atoms. The van der Waals surface area contributed by atoms with Crippen LogP contribution in [0.25, 0.3) is 17.0 Å². The van der Waals surface area contributed by atoms with Crippen molar-refractivity contribution in [3.05, 3.63) is 75.9 Å². The van der Waals surface area contributed by atoms with Crippen LogP contribution in [0.5, 0.6) is 0 Å². The van der Waals surface area contributed by atoms with Crippen LogP contribution in [-0.4, -0.2) is 24.3 Å². The number of aromatic nitrogens is 5. The van der Waals surface area contributed by atoms with Gasteiger partial charge in [-0.2, -0.15) is 9.78 Å². The fraction of sp³-hybridized carbons (Fsp3) is 0.111. The maximum Gasteiger partial charge on any atom is 0.295 e.